The summed E-state index contributed by atoms with van der Waals surface area (Å²) in [7, 11) is 1.51. The van der Waals surface area contributed by atoms with Crippen LogP contribution in [0.3, 0.4) is 0 Å². The van der Waals surface area contributed by atoms with Gasteiger partial charge >= 0.3 is 0 Å². The lowest BCUT2D eigenvalue weighted by atomic mass is 10.1. The Bertz CT molecular complexity index is 640. The molecule has 8 heteroatoms. The van der Waals surface area contributed by atoms with Crippen LogP contribution in [0, 0.1) is 0 Å². The molecule has 2 aromatic rings. The first-order valence-corrected chi connectivity index (χ1v) is 6.40. The van der Waals surface area contributed by atoms with E-state index in [0.717, 1.165) is 0 Å². The first-order valence-electron chi connectivity index (χ1n) is 6.40. The van der Waals surface area contributed by atoms with E-state index in [0.29, 0.717) is 17.0 Å². The molecular formula is C13H14FN5O2. The molecule has 0 saturated carbocycles. The number of nitrogens with zero attached hydrogens (tertiary/aromatic N) is 4. The van der Waals surface area contributed by atoms with Crippen molar-refractivity contribution in [2.75, 3.05) is 25.6 Å². The van der Waals surface area contributed by atoms with Gasteiger partial charge in [0.2, 0.25) is 0 Å². The second-order valence-electron chi connectivity index (χ2n) is 4.67. The molecule has 1 aromatic heterocycles. The molecule has 1 fully saturated rings. The average Bonchev–Trinajstić information content (AvgIpc) is 2.96. The maximum atomic E-state index is 12.8. The molecule has 1 aliphatic rings. The highest BCUT2D eigenvalue weighted by molar-refractivity contribution is 5.95. The van der Waals surface area contributed by atoms with E-state index in [1.54, 1.807) is 18.2 Å². The Hall–Kier alpha value is -2.64. The molecular weight excluding hydrogens is 277 g/mol. The SMILES string of the molecule is COc1cc(C(=O)N2CC(F)C2)ccc1Nn1cncn1. The molecule has 3 rings (SSSR count). The highest BCUT2D eigenvalue weighted by Crippen LogP contribution is 2.27. The molecule has 7 nitrogen and oxygen atoms in total. The van der Waals surface area contributed by atoms with Crippen molar-refractivity contribution >= 4 is 11.6 Å². The smallest absolute Gasteiger partial charge is 0.254 e. The molecule has 0 spiro atoms. The summed E-state index contributed by atoms with van der Waals surface area (Å²) in [4.78, 5) is 18.8. The number of likely N-dealkylation sites (tertiary alicyclic amines) is 1. The van der Waals surface area contributed by atoms with Crippen LogP contribution < -0.4 is 10.2 Å². The maximum Gasteiger partial charge on any atom is 0.254 e. The van der Waals surface area contributed by atoms with Gasteiger partial charge in [0.05, 0.1) is 25.9 Å². The minimum atomic E-state index is -0.913. The topological polar surface area (TPSA) is 72.3 Å². The number of benzene rings is 1. The minimum absolute atomic E-state index is 0.153. The summed E-state index contributed by atoms with van der Waals surface area (Å²) in [6.45, 7) is 0.306. The summed E-state index contributed by atoms with van der Waals surface area (Å²) in [6, 6.07) is 4.99. The number of hydrogen-bond acceptors (Lipinski definition) is 5. The van der Waals surface area contributed by atoms with Crippen LogP contribution >= 0.6 is 0 Å². The third-order valence-electron chi connectivity index (χ3n) is 3.23. The van der Waals surface area contributed by atoms with Crippen molar-refractivity contribution in [1.29, 1.82) is 0 Å². The van der Waals surface area contributed by atoms with Crippen LogP contribution in [0.2, 0.25) is 0 Å². The quantitative estimate of drug-likeness (QED) is 0.908. The molecule has 1 N–H and O–H groups in total. The van der Waals surface area contributed by atoms with Gasteiger partial charge in [-0.25, -0.2) is 9.37 Å². The van der Waals surface area contributed by atoms with Gasteiger partial charge in [-0.05, 0) is 18.2 Å². The number of methoxy groups -OCH3 is 1. The molecule has 0 aliphatic carbocycles. The molecule has 110 valence electrons. The van der Waals surface area contributed by atoms with Gasteiger partial charge in [-0.2, -0.15) is 4.79 Å². The summed E-state index contributed by atoms with van der Waals surface area (Å²) in [6.07, 6.45) is 1.98. The molecule has 1 aromatic carbocycles. The minimum Gasteiger partial charge on any atom is -0.494 e. The van der Waals surface area contributed by atoms with E-state index in [4.69, 9.17) is 4.74 Å². The summed E-state index contributed by atoms with van der Waals surface area (Å²) in [5.74, 6) is 0.295. The number of halogens is 1. The number of rotatable bonds is 4. The molecule has 21 heavy (non-hydrogen) atoms. The molecule has 1 amide bonds. The van der Waals surface area contributed by atoms with Gasteiger partial charge in [0, 0.05) is 5.56 Å². The molecule has 2 heterocycles. The number of aromatic nitrogens is 3. The van der Waals surface area contributed by atoms with E-state index in [1.165, 1.54) is 29.5 Å². The predicted octanol–water partition coefficient (Wildman–Crippen LogP) is 0.956. The highest BCUT2D eigenvalue weighted by atomic mass is 19.1. The molecule has 0 atom stereocenters. The number of carbonyl (C=O) groups is 1. The van der Waals surface area contributed by atoms with E-state index < -0.39 is 6.17 Å². The maximum absolute atomic E-state index is 12.8. The second-order valence-corrected chi connectivity index (χ2v) is 4.67. The lowest BCUT2D eigenvalue weighted by Gasteiger charge is -2.34. The normalized spacial score (nSPS) is 14.7. The summed E-state index contributed by atoms with van der Waals surface area (Å²) in [5, 5.41) is 3.93. The Balaban J connectivity index is 1.80. The molecule has 0 unspecified atom stereocenters. The highest BCUT2D eigenvalue weighted by Gasteiger charge is 2.31. The lowest BCUT2D eigenvalue weighted by molar-refractivity contribution is 0.0400. The van der Waals surface area contributed by atoms with Gasteiger partial charge in [-0.15, -0.1) is 5.10 Å². The van der Waals surface area contributed by atoms with Gasteiger partial charge in [0.25, 0.3) is 5.91 Å². The van der Waals surface area contributed by atoms with E-state index in [9.17, 15) is 9.18 Å². The fourth-order valence-electron chi connectivity index (χ4n) is 2.08. The molecule has 0 radical (unpaired) electrons. The molecule has 0 bridgehead atoms. The van der Waals surface area contributed by atoms with Crippen molar-refractivity contribution in [3.05, 3.63) is 36.4 Å². The Kier molecular flexibility index (Phi) is 3.43. The van der Waals surface area contributed by atoms with Gasteiger partial charge < -0.3 is 9.64 Å². The van der Waals surface area contributed by atoms with Crippen molar-refractivity contribution in [3.8, 4) is 5.75 Å². The zero-order valence-electron chi connectivity index (χ0n) is 11.4. The van der Waals surface area contributed by atoms with Crippen molar-refractivity contribution in [3.63, 3.8) is 0 Å². The zero-order valence-corrected chi connectivity index (χ0v) is 11.4. The fraction of sp³-hybridized carbons (Fsp3) is 0.308. The number of amides is 1. The van der Waals surface area contributed by atoms with Crippen LogP contribution in [-0.2, 0) is 0 Å². The number of ether oxygens (including phenoxy) is 1. The van der Waals surface area contributed by atoms with Crippen molar-refractivity contribution in [2.24, 2.45) is 0 Å². The van der Waals surface area contributed by atoms with E-state index >= 15 is 0 Å². The van der Waals surface area contributed by atoms with E-state index in [1.807, 2.05) is 0 Å². The number of nitrogens with one attached hydrogen (secondary N) is 1. The first-order chi connectivity index (χ1) is 10.2. The van der Waals surface area contributed by atoms with Crippen LogP contribution in [0.1, 0.15) is 10.4 Å². The van der Waals surface area contributed by atoms with Crippen LogP contribution in [-0.4, -0.2) is 52.1 Å². The van der Waals surface area contributed by atoms with E-state index in [-0.39, 0.29) is 19.0 Å². The predicted molar refractivity (Wildman–Crippen MR) is 72.8 cm³/mol. The van der Waals surface area contributed by atoms with Crippen LogP contribution in [0.25, 0.3) is 0 Å². The van der Waals surface area contributed by atoms with Crippen molar-refractivity contribution < 1.29 is 13.9 Å². The zero-order chi connectivity index (χ0) is 14.8. The van der Waals surface area contributed by atoms with Gasteiger partial charge in [0.15, 0.2) is 0 Å². The molecule has 1 saturated heterocycles. The fourth-order valence-corrected chi connectivity index (χ4v) is 2.08. The summed E-state index contributed by atoms with van der Waals surface area (Å²) >= 11 is 0. The number of carbonyl (C=O) groups excluding carboxylic acids is 1. The third-order valence-corrected chi connectivity index (χ3v) is 3.23. The lowest BCUT2D eigenvalue weighted by Crippen LogP contribution is -2.51. The van der Waals surface area contributed by atoms with E-state index in [2.05, 4.69) is 15.5 Å². The first kappa shape index (κ1) is 13.3. The largest absolute Gasteiger partial charge is 0.494 e. The monoisotopic (exact) mass is 291 g/mol. The van der Waals surface area contributed by atoms with Crippen molar-refractivity contribution in [2.45, 2.75) is 6.17 Å². The van der Waals surface area contributed by atoms with Crippen molar-refractivity contribution in [1.82, 2.24) is 19.8 Å². The van der Waals surface area contributed by atoms with Crippen LogP contribution in [0.15, 0.2) is 30.9 Å². The van der Waals surface area contributed by atoms with Gasteiger partial charge in [-0.1, -0.05) is 0 Å². The Morgan fingerprint density at radius 2 is 2.29 bits per heavy atom. The standard InChI is InChI=1S/C13H14FN5O2/c1-21-12-4-9(13(20)18-5-10(14)6-18)2-3-11(12)17-19-8-15-7-16-19/h2-4,7-8,10,17H,5-6H2,1H3. The number of alkyl halides is 1. The number of anilines is 1. The molecule has 1 aliphatic heterocycles. The average molecular weight is 291 g/mol. The second kappa shape index (κ2) is 5.39. The summed E-state index contributed by atoms with van der Waals surface area (Å²) in [5.41, 5.74) is 4.07. The van der Waals surface area contributed by atoms with Crippen LogP contribution in [0.4, 0.5) is 10.1 Å². The van der Waals surface area contributed by atoms with Gasteiger partial charge in [0.1, 0.15) is 24.6 Å². The Morgan fingerprint density at radius 1 is 1.48 bits per heavy atom. The summed E-state index contributed by atoms with van der Waals surface area (Å²) < 4.78 is 18.1. The number of hydrogen-bond donors (Lipinski definition) is 1. The Labute approximate surface area is 120 Å². The third kappa shape index (κ3) is 2.64. The van der Waals surface area contributed by atoms with Crippen LogP contribution in [0.5, 0.6) is 5.75 Å². The Morgan fingerprint density at radius 3 is 2.90 bits per heavy atom. The van der Waals surface area contributed by atoms with Gasteiger partial charge in [-0.3, -0.25) is 10.2 Å².